The molecule has 4 heteroatoms. The first-order chi connectivity index (χ1) is 5.42. The number of alkyl halides is 1. The van der Waals surface area contributed by atoms with Crippen molar-refractivity contribution in [3.63, 3.8) is 0 Å². The predicted octanol–water partition coefficient (Wildman–Crippen LogP) is -2.15. The van der Waals surface area contributed by atoms with Gasteiger partial charge in [0.15, 0.2) is 0 Å². The van der Waals surface area contributed by atoms with Crippen LogP contribution in [0.15, 0.2) is 18.6 Å². The standard InChI is InChI=1S/C7H7IN3/c1-8-6-3-9-4-7-5(6)2-10-11-7/h2-4H,1H3,(H,10,11)/q-1. The molecule has 0 aliphatic carbocycles. The number of hydrogen-bond donors (Lipinski definition) is 1. The first-order valence-electron chi connectivity index (χ1n) is 3.18. The summed E-state index contributed by atoms with van der Waals surface area (Å²) < 4.78 is 1.36. The van der Waals surface area contributed by atoms with E-state index in [-0.39, 0.29) is 21.2 Å². The minimum absolute atomic E-state index is 0.111. The van der Waals surface area contributed by atoms with Crippen molar-refractivity contribution in [1.82, 2.24) is 15.2 Å². The van der Waals surface area contributed by atoms with Crippen LogP contribution in [-0.4, -0.2) is 20.1 Å². The molecule has 3 nitrogen and oxygen atoms in total. The predicted molar refractivity (Wildman–Crippen MR) is 38.5 cm³/mol. The molecule has 58 valence electrons. The van der Waals surface area contributed by atoms with Crippen molar-refractivity contribution in [2.75, 3.05) is 4.93 Å². The first-order valence-corrected chi connectivity index (χ1v) is 6.42. The normalized spacial score (nSPS) is 11.0. The van der Waals surface area contributed by atoms with Gasteiger partial charge in [-0.2, -0.15) is 0 Å². The van der Waals surface area contributed by atoms with Crippen molar-refractivity contribution >= 4 is 10.9 Å². The number of aromatic nitrogens is 3. The molecule has 0 saturated heterocycles. The molecule has 0 fully saturated rings. The fourth-order valence-electron chi connectivity index (χ4n) is 0.982. The molecule has 0 aliphatic rings. The van der Waals surface area contributed by atoms with Crippen LogP contribution in [-0.2, 0) is 0 Å². The molecule has 0 aliphatic heterocycles. The second kappa shape index (κ2) is 2.77. The number of aromatic amines is 1. The zero-order valence-electron chi connectivity index (χ0n) is 6.00. The quantitative estimate of drug-likeness (QED) is 0.469. The number of H-pyrrole nitrogens is 1. The summed E-state index contributed by atoms with van der Waals surface area (Å²) in [7, 11) is 0. The Morgan fingerprint density at radius 2 is 2.27 bits per heavy atom. The molecule has 2 aromatic heterocycles. The van der Waals surface area contributed by atoms with Crippen molar-refractivity contribution in [3.8, 4) is 0 Å². The van der Waals surface area contributed by atoms with Crippen LogP contribution in [0.1, 0.15) is 0 Å². The van der Waals surface area contributed by atoms with Crippen LogP contribution in [0, 0.1) is 3.57 Å². The summed E-state index contributed by atoms with van der Waals surface area (Å²) in [4.78, 5) is 6.34. The van der Waals surface area contributed by atoms with Crippen LogP contribution in [0.25, 0.3) is 10.9 Å². The van der Waals surface area contributed by atoms with Gasteiger partial charge in [-0.05, 0) is 0 Å². The molecule has 11 heavy (non-hydrogen) atoms. The van der Waals surface area contributed by atoms with Gasteiger partial charge in [0.25, 0.3) is 0 Å². The van der Waals surface area contributed by atoms with E-state index in [0.29, 0.717) is 0 Å². The van der Waals surface area contributed by atoms with Gasteiger partial charge in [0.05, 0.1) is 0 Å². The van der Waals surface area contributed by atoms with Crippen LogP contribution in [0.5, 0.6) is 0 Å². The number of pyridine rings is 1. The van der Waals surface area contributed by atoms with E-state index in [4.69, 9.17) is 0 Å². The fraction of sp³-hybridized carbons (Fsp3) is 0.143. The van der Waals surface area contributed by atoms with E-state index in [2.05, 4.69) is 20.1 Å². The van der Waals surface area contributed by atoms with E-state index in [0.717, 1.165) is 5.52 Å². The molecule has 0 unspecified atom stereocenters. The van der Waals surface area contributed by atoms with Gasteiger partial charge in [-0.25, -0.2) is 0 Å². The van der Waals surface area contributed by atoms with E-state index < -0.39 is 0 Å². The van der Waals surface area contributed by atoms with Gasteiger partial charge in [0.1, 0.15) is 0 Å². The molecule has 2 aromatic rings. The second-order valence-corrected chi connectivity index (χ2v) is 4.38. The molecule has 0 spiro atoms. The average Bonchev–Trinajstić information content (AvgIpc) is 2.50. The van der Waals surface area contributed by atoms with Crippen LogP contribution < -0.4 is 21.2 Å². The first kappa shape index (κ1) is 7.02. The number of halogens is 1. The summed E-state index contributed by atoms with van der Waals surface area (Å²) in [6, 6.07) is 0. The molecule has 0 bridgehead atoms. The Bertz CT molecular complexity index is 368. The van der Waals surface area contributed by atoms with Crippen molar-refractivity contribution < 1.29 is 21.2 Å². The van der Waals surface area contributed by atoms with Gasteiger partial charge in [-0.1, -0.05) is 0 Å². The Labute approximate surface area is 74.5 Å². The molecule has 0 atom stereocenters. The van der Waals surface area contributed by atoms with Crippen LogP contribution in [0.2, 0.25) is 0 Å². The molecule has 1 N–H and O–H groups in total. The molecule has 2 heterocycles. The number of fused-ring (bicyclic) bond motifs is 1. The van der Waals surface area contributed by atoms with E-state index in [9.17, 15) is 0 Å². The number of nitrogens with one attached hydrogen (secondary N) is 1. The summed E-state index contributed by atoms with van der Waals surface area (Å²) in [5.74, 6) is 0. The maximum absolute atomic E-state index is 4.11. The summed E-state index contributed by atoms with van der Waals surface area (Å²) in [5.41, 5.74) is 1.05. The van der Waals surface area contributed by atoms with Crippen molar-refractivity contribution in [2.24, 2.45) is 0 Å². The summed E-state index contributed by atoms with van der Waals surface area (Å²) in [5, 5.41) is 8.09. The topological polar surface area (TPSA) is 41.6 Å². The summed E-state index contributed by atoms with van der Waals surface area (Å²) in [6.07, 6.45) is 5.62. The molecule has 0 amide bonds. The molecule has 0 aromatic carbocycles. The minimum atomic E-state index is 0.111. The zero-order valence-corrected chi connectivity index (χ0v) is 8.16. The van der Waals surface area contributed by atoms with Crippen molar-refractivity contribution in [3.05, 3.63) is 22.2 Å². The van der Waals surface area contributed by atoms with E-state index in [1.165, 1.54) is 8.96 Å². The van der Waals surface area contributed by atoms with Crippen LogP contribution >= 0.6 is 0 Å². The summed E-state index contributed by atoms with van der Waals surface area (Å²) >= 11 is 0.111. The van der Waals surface area contributed by atoms with Crippen LogP contribution in [0.3, 0.4) is 0 Å². The SMILES string of the molecule is C[I-]c1cncc2[nH]ncc12. The molecule has 0 radical (unpaired) electrons. The Morgan fingerprint density at radius 3 is 3.09 bits per heavy atom. The van der Waals surface area contributed by atoms with Gasteiger partial charge < -0.3 is 0 Å². The summed E-state index contributed by atoms with van der Waals surface area (Å²) in [6.45, 7) is 0. The number of nitrogens with zero attached hydrogens (tertiary/aromatic N) is 2. The number of hydrogen-bond acceptors (Lipinski definition) is 2. The molecular weight excluding hydrogens is 253 g/mol. The maximum atomic E-state index is 4.11. The van der Waals surface area contributed by atoms with E-state index in [1.54, 1.807) is 0 Å². The van der Waals surface area contributed by atoms with Gasteiger partial charge >= 0.3 is 74.4 Å². The average molecular weight is 260 g/mol. The Morgan fingerprint density at radius 1 is 1.36 bits per heavy atom. The Balaban J connectivity index is 2.79. The van der Waals surface area contributed by atoms with Crippen LogP contribution in [0.4, 0.5) is 0 Å². The third-order valence-corrected chi connectivity index (χ3v) is 3.54. The molecule has 0 saturated carbocycles. The van der Waals surface area contributed by atoms with E-state index in [1.807, 2.05) is 18.6 Å². The van der Waals surface area contributed by atoms with Gasteiger partial charge in [-0.15, -0.1) is 0 Å². The van der Waals surface area contributed by atoms with Crippen molar-refractivity contribution in [1.29, 1.82) is 0 Å². The van der Waals surface area contributed by atoms with Gasteiger partial charge in [0.2, 0.25) is 0 Å². The third kappa shape index (κ3) is 1.11. The molecule has 2 rings (SSSR count). The Kier molecular flexibility index (Phi) is 1.77. The van der Waals surface area contributed by atoms with E-state index >= 15 is 0 Å². The third-order valence-electron chi connectivity index (χ3n) is 1.52. The van der Waals surface area contributed by atoms with Gasteiger partial charge in [0, 0.05) is 0 Å². The monoisotopic (exact) mass is 260 g/mol. The Hall–Kier alpha value is -0.650. The molecular formula is C7H7IN3-. The fourth-order valence-corrected chi connectivity index (χ4v) is 2.43. The van der Waals surface area contributed by atoms with Gasteiger partial charge in [-0.3, -0.25) is 0 Å². The van der Waals surface area contributed by atoms with Crippen molar-refractivity contribution in [2.45, 2.75) is 0 Å². The second-order valence-electron chi connectivity index (χ2n) is 2.14. The number of rotatable bonds is 1. The zero-order chi connectivity index (χ0) is 7.68.